The Labute approximate surface area is 133 Å². The van der Waals surface area contributed by atoms with E-state index in [-0.39, 0.29) is 5.78 Å². The highest BCUT2D eigenvalue weighted by Gasteiger charge is 2.07. The van der Waals surface area contributed by atoms with Crippen LogP contribution in [0.3, 0.4) is 0 Å². The summed E-state index contributed by atoms with van der Waals surface area (Å²) in [6.07, 6.45) is 5.46. The number of amides is 1. The molecule has 0 atom stereocenters. The van der Waals surface area contributed by atoms with Crippen LogP contribution in [0.5, 0.6) is 0 Å². The summed E-state index contributed by atoms with van der Waals surface area (Å²) in [5.41, 5.74) is 1.57. The van der Waals surface area contributed by atoms with Crippen LogP contribution < -0.4 is 5.32 Å². The molecule has 112 valence electrons. The van der Waals surface area contributed by atoms with Gasteiger partial charge in [-0.1, -0.05) is 36.4 Å². The Bertz CT molecular complexity index is 676. The maximum atomic E-state index is 12.2. The van der Waals surface area contributed by atoms with Gasteiger partial charge in [-0.2, -0.15) is 0 Å². The largest absolute Gasteiger partial charge is 0.360 e. The molecule has 0 aliphatic carbocycles. The van der Waals surface area contributed by atoms with E-state index < -0.39 is 0 Å². The van der Waals surface area contributed by atoms with Gasteiger partial charge in [-0.05, 0) is 17.0 Å². The van der Waals surface area contributed by atoms with Gasteiger partial charge in [0, 0.05) is 31.2 Å². The molecule has 0 bridgehead atoms. The van der Waals surface area contributed by atoms with Crippen molar-refractivity contribution in [1.29, 1.82) is 0 Å². The Morgan fingerprint density at radius 1 is 1.18 bits per heavy atom. The third-order valence-electron chi connectivity index (χ3n) is 2.84. The van der Waals surface area contributed by atoms with Gasteiger partial charge in [0.25, 0.3) is 0 Å². The standard InChI is InChI=1S/C17H16N2O2S/c1-19(13-20)10-9-18-15(14-6-3-2-4-7-14)12-16(21)17-8-5-11-22-17/h2-13,18H,1H3/b10-9-,15-12-. The van der Waals surface area contributed by atoms with Crippen molar-refractivity contribution in [3.05, 3.63) is 76.8 Å². The highest BCUT2D eigenvalue weighted by Crippen LogP contribution is 2.15. The number of carbonyl (C=O) groups is 2. The van der Waals surface area contributed by atoms with Gasteiger partial charge in [0.05, 0.1) is 4.88 Å². The van der Waals surface area contributed by atoms with Crippen molar-refractivity contribution in [2.45, 2.75) is 0 Å². The number of hydrogen-bond donors (Lipinski definition) is 1. The van der Waals surface area contributed by atoms with Crippen LogP contribution in [0, 0.1) is 0 Å². The third-order valence-corrected chi connectivity index (χ3v) is 3.72. The van der Waals surface area contributed by atoms with Crippen LogP contribution in [0.2, 0.25) is 0 Å². The number of nitrogens with zero attached hydrogens (tertiary/aromatic N) is 1. The van der Waals surface area contributed by atoms with Crippen LogP contribution >= 0.6 is 11.3 Å². The first kappa shape index (κ1) is 15.7. The fourth-order valence-electron chi connectivity index (χ4n) is 1.73. The lowest BCUT2D eigenvalue weighted by molar-refractivity contribution is -0.115. The Kier molecular flexibility index (Phi) is 5.68. The van der Waals surface area contributed by atoms with Crippen molar-refractivity contribution < 1.29 is 9.59 Å². The van der Waals surface area contributed by atoms with Gasteiger partial charge in [0.2, 0.25) is 6.41 Å². The molecule has 0 saturated carbocycles. The van der Waals surface area contributed by atoms with Crippen LogP contribution in [-0.2, 0) is 4.79 Å². The quantitative estimate of drug-likeness (QED) is 0.485. The normalized spacial score (nSPS) is 11.4. The number of rotatable bonds is 7. The molecule has 0 saturated heterocycles. The summed E-state index contributed by atoms with van der Waals surface area (Å²) >= 11 is 1.41. The number of benzene rings is 1. The number of thiophene rings is 1. The summed E-state index contributed by atoms with van der Waals surface area (Å²) in [6, 6.07) is 13.2. The maximum Gasteiger partial charge on any atom is 0.213 e. The first-order valence-electron chi connectivity index (χ1n) is 6.66. The molecule has 1 heterocycles. The minimum atomic E-state index is -0.0569. The number of nitrogens with one attached hydrogen (secondary N) is 1. The zero-order valence-electron chi connectivity index (χ0n) is 12.1. The Morgan fingerprint density at radius 3 is 2.59 bits per heavy atom. The second-order valence-electron chi connectivity index (χ2n) is 4.50. The molecular formula is C17H16N2O2S. The van der Waals surface area contributed by atoms with E-state index >= 15 is 0 Å². The van der Waals surface area contributed by atoms with E-state index in [1.165, 1.54) is 16.2 Å². The molecule has 1 N–H and O–H groups in total. The van der Waals surface area contributed by atoms with Gasteiger partial charge in [-0.3, -0.25) is 9.59 Å². The van der Waals surface area contributed by atoms with Gasteiger partial charge in [0.1, 0.15) is 0 Å². The predicted molar refractivity (Wildman–Crippen MR) is 89.2 cm³/mol. The van der Waals surface area contributed by atoms with Crippen LogP contribution in [0.25, 0.3) is 5.70 Å². The van der Waals surface area contributed by atoms with Gasteiger partial charge in [-0.25, -0.2) is 0 Å². The maximum absolute atomic E-state index is 12.2. The topological polar surface area (TPSA) is 49.4 Å². The van der Waals surface area contributed by atoms with Crippen molar-refractivity contribution in [3.8, 4) is 0 Å². The number of carbonyl (C=O) groups excluding carboxylic acids is 2. The van der Waals surface area contributed by atoms with Crippen LogP contribution in [0.4, 0.5) is 0 Å². The molecule has 0 radical (unpaired) electrons. The molecule has 22 heavy (non-hydrogen) atoms. The summed E-state index contributed by atoms with van der Waals surface area (Å²) in [4.78, 5) is 24.9. The second-order valence-corrected chi connectivity index (χ2v) is 5.44. The molecule has 5 heteroatoms. The van der Waals surface area contributed by atoms with E-state index in [0.29, 0.717) is 17.0 Å². The summed E-state index contributed by atoms with van der Waals surface area (Å²) in [6.45, 7) is 0. The van der Waals surface area contributed by atoms with E-state index in [4.69, 9.17) is 0 Å². The highest BCUT2D eigenvalue weighted by molar-refractivity contribution is 7.12. The molecule has 0 aliphatic rings. The first-order valence-corrected chi connectivity index (χ1v) is 7.54. The second kappa shape index (κ2) is 7.95. The van der Waals surface area contributed by atoms with Gasteiger partial charge < -0.3 is 10.2 Å². The SMILES string of the molecule is CN(C=O)/C=C\N/C(=C\C(=O)c1cccs1)c1ccccc1. The van der Waals surface area contributed by atoms with Crippen molar-refractivity contribution in [2.24, 2.45) is 0 Å². The summed E-state index contributed by atoms with van der Waals surface area (Å²) < 4.78 is 0. The van der Waals surface area contributed by atoms with Crippen LogP contribution in [0.15, 0.2) is 66.3 Å². The summed E-state index contributed by atoms with van der Waals surface area (Å²) in [5.74, 6) is -0.0569. The monoisotopic (exact) mass is 312 g/mol. The molecule has 1 aromatic heterocycles. The average molecular weight is 312 g/mol. The number of ketones is 1. The van der Waals surface area contributed by atoms with Gasteiger partial charge >= 0.3 is 0 Å². The number of allylic oxidation sites excluding steroid dienone is 1. The zero-order chi connectivity index (χ0) is 15.8. The van der Waals surface area contributed by atoms with Crippen LogP contribution in [-0.4, -0.2) is 24.1 Å². The summed E-state index contributed by atoms with van der Waals surface area (Å²) in [5, 5.41) is 4.93. The van der Waals surface area contributed by atoms with Crippen molar-refractivity contribution >= 4 is 29.2 Å². The molecule has 1 amide bonds. The molecule has 0 fully saturated rings. The fraction of sp³-hybridized carbons (Fsp3) is 0.0588. The third kappa shape index (κ3) is 4.43. The van der Waals surface area contributed by atoms with Crippen molar-refractivity contribution in [1.82, 2.24) is 10.2 Å². The molecule has 0 spiro atoms. The smallest absolute Gasteiger partial charge is 0.213 e. The highest BCUT2D eigenvalue weighted by atomic mass is 32.1. The molecule has 0 aliphatic heterocycles. The van der Waals surface area contributed by atoms with E-state index in [1.54, 1.807) is 31.6 Å². The average Bonchev–Trinajstić information content (AvgIpc) is 3.09. The van der Waals surface area contributed by atoms with Crippen molar-refractivity contribution in [3.63, 3.8) is 0 Å². The van der Waals surface area contributed by atoms with Crippen LogP contribution in [0.1, 0.15) is 15.2 Å². The van der Waals surface area contributed by atoms with E-state index in [9.17, 15) is 9.59 Å². The first-order chi connectivity index (χ1) is 10.7. The molecule has 1 aromatic carbocycles. The van der Waals surface area contributed by atoms with Gasteiger partial charge in [0.15, 0.2) is 5.78 Å². The minimum absolute atomic E-state index is 0.0569. The summed E-state index contributed by atoms with van der Waals surface area (Å²) in [7, 11) is 1.63. The molecule has 0 unspecified atom stereocenters. The molecular weight excluding hydrogens is 296 g/mol. The lowest BCUT2D eigenvalue weighted by atomic mass is 10.1. The zero-order valence-corrected chi connectivity index (χ0v) is 12.9. The molecule has 2 rings (SSSR count). The minimum Gasteiger partial charge on any atom is -0.360 e. The Hall–Kier alpha value is -2.66. The lowest BCUT2D eigenvalue weighted by Gasteiger charge is -2.08. The van der Waals surface area contributed by atoms with Crippen molar-refractivity contribution in [2.75, 3.05) is 7.05 Å². The lowest BCUT2D eigenvalue weighted by Crippen LogP contribution is -2.11. The van der Waals surface area contributed by atoms with E-state index in [1.807, 2.05) is 41.8 Å². The Morgan fingerprint density at radius 2 is 1.95 bits per heavy atom. The Balaban J connectivity index is 2.24. The van der Waals surface area contributed by atoms with E-state index in [0.717, 1.165) is 5.56 Å². The number of hydrogen-bond acceptors (Lipinski definition) is 4. The van der Waals surface area contributed by atoms with Gasteiger partial charge in [-0.15, -0.1) is 11.3 Å². The molecule has 4 nitrogen and oxygen atoms in total. The molecule has 2 aromatic rings. The fourth-order valence-corrected chi connectivity index (χ4v) is 2.36. The van der Waals surface area contributed by atoms with E-state index in [2.05, 4.69) is 5.32 Å². The predicted octanol–water partition coefficient (Wildman–Crippen LogP) is 3.12.